The van der Waals surface area contributed by atoms with Crippen LogP contribution in [-0.2, 0) is 0 Å². The van der Waals surface area contributed by atoms with Crippen LogP contribution in [0.1, 0.15) is 28.8 Å². The maximum Gasteiger partial charge on any atom is 0.254 e. The molecule has 0 aliphatic carbocycles. The molecule has 1 heterocycles. The Balaban J connectivity index is 0.00000220. The van der Waals surface area contributed by atoms with Gasteiger partial charge in [0.15, 0.2) is 0 Å². The van der Waals surface area contributed by atoms with Crippen molar-refractivity contribution in [3.05, 3.63) is 23.3 Å². The van der Waals surface area contributed by atoms with Crippen LogP contribution in [0.4, 0.5) is 0 Å². The van der Waals surface area contributed by atoms with E-state index < -0.39 is 0 Å². The SMILES string of the molecule is COc1cc(C(=O)N2CCC(N)CC2)cc(OC)c1C.Cl. The molecule has 1 aliphatic rings. The van der Waals surface area contributed by atoms with Gasteiger partial charge in [-0.3, -0.25) is 4.79 Å². The summed E-state index contributed by atoms with van der Waals surface area (Å²) in [5, 5.41) is 0. The monoisotopic (exact) mass is 314 g/mol. The zero-order valence-electron chi connectivity index (χ0n) is 12.7. The number of methoxy groups -OCH3 is 2. The predicted octanol–water partition coefficient (Wildman–Crippen LogP) is 2.00. The fraction of sp³-hybridized carbons (Fsp3) is 0.533. The van der Waals surface area contributed by atoms with Crippen LogP contribution in [0.3, 0.4) is 0 Å². The maximum atomic E-state index is 12.5. The van der Waals surface area contributed by atoms with E-state index in [1.54, 1.807) is 26.4 Å². The van der Waals surface area contributed by atoms with E-state index in [2.05, 4.69) is 0 Å². The zero-order valence-corrected chi connectivity index (χ0v) is 13.5. The third kappa shape index (κ3) is 3.80. The Bertz CT molecular complexity index is 475. The van der Waals surface area contributed by atoms with E-state index in [1.165, 1.54) is 0 Å². The number of likely N-dealkylation sites (tertiary alicyclic amines) is 1. The first-order chi connectivity index (χ1) is 9.56. The number of carbonyl (C=O) groups is 1. The molecule has 1 aliphatic heterocycles. The van der Waals surface area contributed by atoms with Crippen molar-refractivity contribution in [1.29, 1.82) is 0 Å². The molecule has 21 heavy (non-hydrogen) atoms. The zero-order chi connectivity index (χ0) is 14.7. The molecule has 5 nitrogen and oxygen atoms in total. The lowest BCUT2D eigenvalue weighted by Gasteiger charge is -2.30. The first kappa shape index (κ1) is 17.6. The average Bonchev–Trinajstić information content (AvgIpc) is 2.47. The molecule has 1 fully saturated rings. The summed E-state index contributed by atoms with van der Waals surface area (Å²) >= 11 is 0. The smallest absolute Gasteiger partial charge is 0.254 e. The molecular weight excluding hydrogens is 292 g/mol. The van der Waals surface area contributed by atoms with Crippen molar-refractivity contribution in [2.24, 2.45) is 5.73 Å². The average molecular weight is 315 g/mol. The van der Waals surface area contributed by atoms with Crippen LogP contribution >= 0.6 is 12.4 Å². The Morgan fingerprint density at radius 3 is 2.10 bits per heavy atom. The normalized spacial score (nSPS) is 15.3. The first-order valence-electron chi connectivity index (χ1n) is 6.84. The molecule has 0 spiro atoms. The van der Waals surface area contributed by atoms with Gasteiger partial charge in [0.1, 0.15) is 11.5 Å². The fourth-order valence-electron chi connectivity index (χ4n) is 2.49. The largest absolute Gasteiger partial charge is 0.496 e. The molecule has 0 atom stereocenters. The summed E-state index contributed by atoms with van der Waals surface area (Å²) in [7, 11) is 3.19. The van der Waals surface area contributed by atoms with Crippen LogP contribution in [0.25, 0.3) is 0 Å². The molecule has 1 saturated heterocycles. The first-order valence-corrected chi connectivity index (χ1v) is 6.84. The minimum Gasteiger partial charge on any atom is -0.496 e. The number of rotatable bonds is 3. The third-order valence-electron chi connectivity index (χ3n) is 3.83. The number of ether oxygens (including phenoxy) is 2. The fourth-order valence-corrected chi connectivity index (χ4v) is 2.49. The lowest BCUT2D eigenvalue weighted by molar-refractivity contribution is 0.0714. The summed E-state index contributed by atoms with van der Waals surface area (Å²) in [5.41, 5.74) is 7.36. The molecule has 1 aromatic carbocycles. The van der Waals surface area contributed by atoms with E-state index >= 15 is 0 Å². The quantitative estimate of drug-likeness (QED) is 0.926. The predicted molar refractivity (Wildman–Crippen MR) is 84.6 cm³/mol. The summed E-state index contributed by atoms with van der Waals surface area (Å²) in [5.74, 6) is 1.34. The van der Waals surface area contributed by atoms with Crippen molar-refractivity contribution in [3.8, 4) is 11.5 Å². The van der Waals surface area contributed by atoms with Gasteiger partial charge in [0.2, 0.25) is 0 Å². The highest BCUT2D eigenvalue weighted by Gasteiger charge is 2.23. The number of piperidine rings is 1. The van der Waals surface area contributed by atoms with Gasteiger partial charge in [-0.15, -0.1) is 12.4 Å². The van der Waals surface area contributed by atoms with Crippen molar-refractivity contribution >= 4 is 18.3 Å². The molecule has 0 unspecified atom stereocenters. The standard InChI is InChI=1S/C15H22N2O3.ClH/c1-10-13(19-2)8-11(9-14(10)20-3)15(18)17-6-4-12(16)5-7-17;/h8-9,12H,4-7,16H2,1-3H3;1H. The Hall–Kier alpha value is -1.46. The van der Waals surface area contributed by atoms with Crippen molar-refractivity contribution < 1.29 is 14.3 Å². The minimum absolute atomic E-state index is 0. The van der Waals surface area contributed by atoms with Crippen LogP contribution in [0, 0.1) is 6.92 Å². The molecule has 0 aromatic heterocycles. The van der Waals surface area contributed by atoms with Gasteiger partial charge in [0, 0.05) is 30.3 Å². The van der Waals surface area contributed by atoms with Gasteiger partial charge in [-0.25, -0.2) is 0 Å². The van der Waals surface area contributed by atoms with Crippen LogP contribution in [0.5, 0.6) is 11.5 Å². The number of benzene rings is 1. The van der Waals surface area contributed by atoms with Crippen LogP contribution in [-0.4, -0.2) is 44.2 Å². The molecular formula is C15H23ClN2O3. The highest BCUT2D eigenvalue weighted by atomic mass is 35.5. The van der Waals surface area contributed by atoms with Gasteiger partial charge in [-0.2, -0.15) is 0 Å². The number of halogens is 1. The molecule has 0 bridgehead atoms. The molecule has 0 saturated carbocycles. The second-order valence-electron chi connectivity index (χ2n) is 5.14. The van der Waals surface area contributed by atoms with E-state index in [4.69, 9.17) is 15.2 Å². The summed E-state index contributed by atoms with van der Waals surface area (Å²) < 4.78 is 10.6. The van der Waals surface area contributed by atoms with E-state index in [1.807, 2.05) is 11.8 Å². The number of nitrogens with two attached hydrogens (primary N) is 1. The van der Waals surface area contributed by atoms with Crippen molar-refractivity contribution in [1.82, 2.24) is 4.90 Å². The molecule has 0 radical (unpaired) electrons. The lowest BCUT2D eigenvalue weighted by atomic mass is 10.0. The summed E-state index contributed by atoms with van der Waals surface area (Å²) in [6.07, 6.45) is 1.71. The lowest BCUT2D eigenvalue weighted by Crippen LogP contribution is -2.42. The summed E-state index contributed by atoms with van der Waals surface area (Å²) in [6.45, 7) is 3.32. The van der Waals surface area contributed by atoms with Crippen LogP contribution in [0.15, 0.2) is 12.1 Å². The number of hydrogen-bond donors (Lipinski definition) is 1. The van der Waals surface area contributed by atoms with Gasteiger partial charge >= 0.3 is 0 Å². The van der Waals surface area contributed by atoms with Crippen molar-refractivity contribution in [3.63, 3.8) is 0 Å². The Kier molecular flexibility index (Phi) is 6.30. The number of amides is 1. The molecule has 1 amide bonds. The van der Waals surface area contributed by atoms with E-state index in [0.717, 1.165) is 18.4 Å². The summed E-state index contributed by atoms with van der Waals surface area (Å²) in [6, 6.07) is 3.75. The van der Waals surface area contributed by atoms with E-state index in [9.17, 15) is 4.79 Å². The number of carbonyl (C=O) groups excluding carboxylic acids is 1. The Labute approximate surface area is 131 Å². The van der Waals surface area contributed by atoms with Crippen LogP contribution in [0.2, 0.25) is 0 Å². The third-order valence-corrected chi connectivity index (χ3v) is 3.83. The van der Waals surface area contributed by atoms with Gasteiger partial charge in [-0.1, -0.05) is 0 Å². The molecule has 118 valence electrons. The minimum atomic E-state index is 0. The van der Waals surface area contributed by atoms with Crippen molar-refractivity contribution in [2.75, 3.05) is 27.3 Å². The molecule has 2 rings (SSSR count). The topological polar surface area (TPSA) is 64.8 Å². The second-order valence-corrected chi connectivity index (χ2v) is 5.14. The second kappa shape index (κ2) is 7.52. The molecule has 1 aromatic rings. The molecule has 2 N–H and O–H groups in total. The summed E-state index contributed by atoms with van der Waals surface area (Å²) in [4.78, 5) is 14.4. The number of hydrogen-bond acceptors (Lipinski definition) is 4. The van der Waals surface area contributed by atoms with E-state index in [0.29, 0.717) is 30.2 Å². The van der Waals surface area contributed by atoms with Crippen LogP contribution < -0.4 is 15.2 Å². The Morgan fingerprint density at radius 1 is 1.19 bits per heavy atom. The van der Waals surface area contributed by atoms with Gasteiger partial charge in [0.05, 0.1) is 14.2 Å². The highest BCUT2D eigenvalue weighted by Crippen LogP contribution is 2.30. The van der Waals surface area contributed by atoms with Gasteiger partial charge < -0.3 is 20.1 Å². The highest BCUT2D eigenvalue weighted by molar-refractivity contribution is 5.95. The molecule has 6 heteroatoms. The number of nitrogens with zero attached hydrogens (tertiary/aromatic N) is 1. The van der Waals surface area contributed by atoms with Gasteiger partial charge in [-0.05, 0) is 31.9 Å². The Morgan fingerprint density at radius 2 is 1.67 bits per heavy atom. The maximum absolute atomic E-state index is 12.5. The van der Waals surface area contributed by atoms with Gasteiger partial charge in [0.25, 0.3) is 5.91 Å². The van der Waals surface area contributed by atoms with E-state index in [-0.39, 0.29) is 24.4 Å². The van der Waals surface area contributed by atoms with Crippen molar-refractivity contribution in [2.45, 2.75) is 25.8 Å².